The van der Waals surface area contributed by atoms with E-state index in [1.807, 2.05) is 0 Å². The average Bonchev–Trinajstić information content (AvgIpc) is 1.97. The molecule has 0 amide bonds. The van der Waals surface area contributed by atoms with E-state index in [1.165, 1.54) is 6.92 Å². The minimum atomic E-state index is -1.00. The molecule has 0 bridgehead atoms. The lowest BCUT2D eigenvalue weighted by molar-refractivity contribution is -0.148. The van der Waals surface area contributed by atoms with Gasteiger partial charge in [0.05, 0.1) is 6.61 Å². The summed E-state index contributed by atoms with van der Waals surface area (Å²) in [5.41, 5.74) is 4.97. The van der Waals surface area contributed by atoms with Crippen LogP contribution in [0.25, 0.3) is 0 Å². The van der Waals surface area contributed by atoms with E-state index in [0.717, 1.165) is 0 Å². The van der Waals surface area contributed by atoms with Gasteiger partial charge in [0.1, 0.15) is 0 Å². The van der Waals surface area contributed by atoms with E-state index in [1.54, 1.807) is 0 Å². The van der Waals surface area contributed by atoms with Crippen LogP contribution in [0.15, 0.2) is 0 Å². The van der Waals surface area contributed by atoms with Crippen molar-refractivity contribution in [3.63, 3.8) is 0 Å². The van der Waals surface area contributed by atoms with E-state index in [0.29, 0.717) is 6.54 Å². The fourth-order valence-corrected chi connectivity index (χ4v) is 0.493. The van der Waals surface area contributed by atoms with Gasteiger partial charge in [-0.25, -0.2) is 4.79 Å². The zero-order valence-electron chi connectivity index (χ0n) is 6.83. The number of hydrogen-bond acceptors (Lipinski definition) is 3. The number of hydrogen-bond donors (Lipinski definition) is 4. The SMILES string of the molecule is CC(OCCNC(=N)N)C(=O)O. The van der Waals surface area contributed by atoms with Crippen LogP contribution in [-0.4, -0.2) is 36.3 Å². The number of ether oxygens (including phenoxy) is 1. The van der Waals surface area contributed by atoms with Crippen molar-refractivity contribution < 1.29 is 14.6 Å². The van der Waals surface area contributed by atoms with Crippen molar-refractivity contribution in [2.24, 2.45) is 5.73 Å². The predicted octanol–water partition coefficient (Wildman–Crippen LogP) is -1.04. The van der Waals surface area contributed by atoms with Crippen LogP contribution in [0.4, 0.5) is 0 Å². The molecule has 6 nitrogen and oxygen atoms in total. The molecule has 0 saturated heterocycles. The zero-order chi connectivity index (χ0) is 9.56. The molecular formula is C6H13N3O3. The third-order valence-corrected chi connectivity index (χ3v) is 1.13. The first-order valence-electron chi connectivity index (χ1n) is 3.46. The number of carboxylic acids is 1. The fraction of sp³-hybridized carbons (Fsp3) is 0.667. The maximum Gasteiger partial charge on any atom is 0.332 e. The minimum absolute atomic E-state index is 0.151. The summed E-state index contributed by atoms with van der Waals surface area (Å²) in [5, 5.41) is 17.6. The second-order valence-corrected chi connectivity index (χ2v) is 2.19. The van der Waals surface area contributed by atoms with Gasteiger partial charge in [0.15, 0.2) is 12.1 Å². The van der Waals surface area contributed by atoms with Gasteiger partial charge in [-0.05, 0) is 6.92 Å². The van der Waals surface area contributed by atoms with Crippen molar-refractivity contribution in [3.05, 3.63) is 0 Å². The molecule has 0 saturated carbocycles. The van der Waals surface area contributed by atoms with Gasteiger partial charge in [0.2, 0.25) is 0 Å². The van der Waals surface area contributed by atoms with Gasteiger partial charge in [-0.15, -0.1) is 0 Å². The van der Waals surface area contributed by atoms with Crippen LogP contribution in [0, 0.1) is 5.41 Å². The summed E-state index contributed by atoms with van der Waals surface area (Å²) in [4.78, 5) is 10.2. The zero-order valence-corrected chi connectivity index (χ0v) is 6.83. The van der Waals surface area contributed by atoms with E-state index in [2.05, 4.69) is 5.32 Å². The third-order valence-electron chi connectivity index (χ3n) is 1.13. The molecule has 0 rings (SSSR count). The predicted molar refractivity (Wildman–Crippen MR) is 43.0 cm³/mol. The Morgan fingerprint density at radius 1 is 1.83 bits per heavy atom. The van der Waals surface area contributed by atoms with Crippen LogP contribution >= 0.6 is 0 Å². The molecule has 1 atom stereocenters. The molecule has 0 aliphatic rings. The molecular weight excluding hydrogens is 162 g/mol. The molecule has 6 heteroatoms. The molecule has 1 unspecified atom stereocenters. The van der Waals surface area contributed by atoms with Gasteiger partial charge < -0.3 is 20.9 Å². The van der Waals surface area contributed by atoms with Crippen molar-refractivity contribution in [1.29, 1.82) is 5.41 Å². The topological polar surface area (TPSA) is 108 Å². The molecule has 0 heterocycles. The highest BCUT2D eigenvalue weighted by Crippen LogP contribution is 1.88. The molecule has 12 heavy (non-hydrogen) atoms. The minimum Gasteiger partial charge on any atom is -0.479 e. The first kappa shape index (κ1) is 10.7. The van der Waals surface area contributed by atoms with Crippen LogP contribution in [0.1, 0.15) is 6.92 Å². The van der Waals surface area contributed by atoms with Crippen LogP contribution < -0.4 is 11.1 Å². The molecule has 0 fully saturated rings. The number of carbonyl (C=O) groups is 1. The van der Waals surface area contributed by atoms with Crippen molar-refractivity contribution in [2.45, 2.75) is 13.0 Å². The summed E-state index contributed by atoms with van der Waals surface area (Å²) in [5.74, 6) is -1.15. The summed E-state index contributed by atoms with van der Waals surface area (Å²) in [7, 11) is 0. The number of aliphatic carboxylic acids is 1. The van der Waals surface area contributed by atoms with Crippen LogP contribution in [0.5, 0.6) is 0 Å². The van der Waals surface area contributed by atoms with Crippen LogP contribution in [0.2, 0.25) is 0 Å². The van der Waals surface area contributed by atoms with E-state index in [-0.39, 0.29) is 12.6 Å². The van der Waals surface area contributed by atoms with Gasteiger partial charge in [-0.1, -0.05) is 0 Å². The summed E-state index contributed by atoms with van der Waals surface area (Å²) in [6.07, 6.45) is -0.821. The molecule has 0 spiro atoms. The molecule has 0 aromatic rings. The number of nitrogens with two attached hydrogens (primary N) is 1. The lowest BCUT2D eigenvalue weighted by Crippen LogP contribution is -2.34. The lowest BCUT2D eigenvalue weighted by atomic mass is 10.4. The van der Waals surface area contributed by atoms with Crippen molar-refractivity contribution in [3.8, 4) is 0 Å². The number of rotatable bonds is 5. The second kappa shape index (κ2) is 5.36. The Bertz CT molecular complexity index is 171. The molecule has 5 N–H and O–H groups in total. The molecule has 0 aliphatic heterocycles. The first-order valence-corrected chi connectivity index (χ1v) is 3.46. The second-order valence-electron chi connectivity index (χ2n) is 2.19. The largest absolute Gasteiger partial charge is 0.479 e. The molecule has 0 aromatic carbocycles. The Morgan fingerprint density at radius 3 is 2.83 bits per heavy atom. The van der Waals surface area contributed by atoms with Gasteiger partial charge >= 0.3 is 5.97 Å². The Balaban J connectivity index is 3.31. The Hall–Kier alpha value is -1.30. The molecule has 0 radical (unpaired) electrons. The summed E-state index contributed by atoms with van der Waals surface area (Å²) in [6, 6.07) is 0. The third kappa shape index (κ3) is 5.48. The first-order chi connectivity index (χ1) is 5.54. The van der Waals surface area contributed by atoms with Crippen molar-refractivity contribution in [2.75, 3.05) is 13.2 Å². The highest BCUT2D eigenvalue weighted by Gasteiger charge is 2.09. The maximum absolute atomic E-state index is 10.2. The Labute approximate surface area is 70.2 Å². The maximum atomic E-state index is 10.2. The summed E-state index contributed by atoms with van der Waals surface area (Å²) >= 11 is 0. The Morgan fingerprint density at radius 2 is 2.42 bits per heavy atom. The van der Waals surface area contributed by atoms with Gasteiger partial charge in [0.25, 0.3) is 0 Å². The van der Waals surface area contributed by atoms with Gasteiger partial charge in [-0.2, -0.15) is 0 Å². The quantitative estimate of drug-likeness (QED) is 0.242. The van der Waals surface area contributed by atoms with Gasteiger partial charge in [-0.3, -0.25) is 5.41 Å². The highest BCUT2D eigenvalue weighted by atomic mass is 16.5. The normalized spacial score (nSPS) is 12.1. The summed E-state index contributed by atoms with van der Waals surface area (Å²) in [6.45, 7) is 2.00. The van der Waals surface area contributed by atoms with E-state index in [9.17, 15) is 4.79 Å². The van der Waals surface area contributed by atoms with Gasteiger partial charge in [0, 0.05) is 6.54 Å². The van der Waals surface area contributed by atoms with Crippen LogP contribution in [-0.2, 0) is 9.53 Å². The molecule has 0 aliphatic carbocycles. The van der Waals surface area contributed by atoms with Crippen molar-refractivity contribution in [1.82, 2.24) is 5.32 Å². The van der Waals surface area contributed by atoms with Crippen LogP contribution in [0.3, 0.4) is 0 Å². The number of nitrogens with one attached hydrogen (secondary N) is 2. The Kier molecular flexibility index (Phi) is 4.78. The number of carboxylic acid groups (broad SMARTS) is 1. The number of guanidine groups is 1. The monoisotopic (exact) mass is 175 g/mol. The highest BCUT2D eigenvalue weighted by molar-refractivity contribution is 5.74. The lowest BCUT2D eigenvalue weighted by Gasteiger charge is -2.08. The fourth-order valence-electron chi connectivity index (χ4n) is 0.493. The van der Waals surface area contributed by atoms with E-state index in [4.69, 9.17) is 21.0 Å². The standard InChI is InChI=1S/C6H13N3O3/c1-4(5(10)11)12-3-2-9-6(7)8/h4H,2-3H2,1H3,(H,10,11)(H4,7,8,9). The van der Waals surface area contributed by atoms with E-state index < -0.39 is 12.1 Å². The average molecular weight is 175 g/mol. The van der Waals surface area contributed by atoms with E-state index >= 15 is 0 Å². The summed E-state index contributed by atoms with van der Waals surface area (Å²) < 4.78 is 4.84. The molecule has 70 valence electrons. The smallest absolute Gasteiger partial charge is 0.332 e. The van der Waals surface area contributed by atoms with Crippen molar-refractivity contribution >= 4 is 11.9 Å². The molecule has 0 aromatic heterocycles.